The van der Waals surface area contributed by atoms with E-state index in [1.807, 2.05) is 6.07 Å². The maximum Gasteiger partial charge on any atom is 0.124 e. The fourth-order valence-electron chi connectivity index (χ4n) is 1.63. The maximum atomic E-state index is 13.0. The van der Waals surface area contributed by atoms with Crippen LogP contribution in [-0.2, 0) is 11.2 Å². The molecule has 2 nitrogen and oxygen atoms in total. The third-order valence-electron chi connectivity index (χ3n) is 2.47. The minimum atomic E-state index is -0.259. The molecule has 0 aliphatic heterocycles. The van der Waals surface area contributed by atoms with E-state index in [0.29, 0.717) is 5.02 Å². The van der Waals surface area contributed by atoms with Gasteiger partial charge in [-0.1, -0.05) is 11.6 Å². The van der Waals surface area contributed by atoms with Gasteiger partial charge in [-0.05, 0) is 49.6 Å². The fraction of sp³-hybridized carbons (Fsp3) is 0.538. The number of unbranched alkanes of at least 4 members (excludes halogenated alkanes) is 1. The Bertz CT molecular complexity index is 313. The average Bonchev–Trinajstić information content (AvgIpc) is 2.26. The van der Waals surface area contributed by atoms with Crippen LogP contribution in [-0.4, -0.2) is 26.8 Å². The highest BCUT2D eigenvalue weighted by Crippen LogP contribution is 2.15. The van der Waals surface area contributed by atoms with Gasteiger partial charge in [0.05, 0.1) is 6.61 Å². The molecule has 0 spiro atoms. The van der Waals surface area contributed by atoms with E-state index in [1.54, 1.807) is 13.2 Å². The first-order valence-corrected chi connectivity index (χ1v) is 6.25. The van der Waals surface area contributed by atoms with Crippen LogP contribution in [0.4, 0.5) is 4.39 Å². The molecule has 0 aliphatic carbocycles. The van der Waals surface area contributed by atoms with Crippen LogP contribution in [0.2, 0.25) is 5.02 Å². The molecular formula is C13H19ClFNO. The number of benzene rings is 1. The highest BCUT2D eigenvalue weighted by molar-refractivity contribution is 6.30. The number of ether oxygens (including phenoxy) is 1. The molecule has 0 radical (unpaired) electrons. The van der Waals surface area contributed by atoms with Crippen molar-refractivity contribution in [2.24, 2.45) is 0 Å². The molecule has 0 saturated carbocycles. The molecule has 1 aromatic carbocycles. The Labute approximate surface area is 107 Å². The Morgan fingerprint density at radius 1 is 1.24 bits per heavy atom. The largest absolute Gasteiger partial charge is 0.383 e. The summed E-state index contributed by atoms with van der Waals surface area (Å²) in [6.45, 7) is 2.58. The van der Waals surface area contributed by atoms with Crippen molar-refractivity contribution in [2.45, 2.75) is 19.3 Å². The molecule has 0 fully saturated rings. The number of methoxy groups -OCH3 is 1. The second-order valence-corrected chi connectivity index (χ2v) is 4.41. The minimum absolute atomic E-state index is 0.259. The quantitative estimate of drug-likeness (QED) is 0.725. The summed E-state index contributed by atoms with van der Waals surface area (Å²) in [7, 11) is 1.69. The topological polar surface area (TPSA) is 21.3 Å². The zero-order valence-electron chi connectivity index (χ0n) is 10.1. The number of aryl methyl sites for hydroxylation is 1. The molecule has 1 rings (SSSR count). The fourth-order valence-corrected chi connectivity index (χ4v) is 1.88. The molecule has 1 N–H and O–H groups in total. The highest BCUT2D eigenvalue weighted by atomic mass is 35.5. The van der Waals surface area contributed by atoms with Crippen LogP contribution >= 0.6 is 11.6 Å². The van der Waals surface area contributed by atoms with Gasteiger partial charge in [0, 0.05) is 18.7 Å². The van der Waals surface area contributed by atoms with Crippen molar-refractivity contribution >= 4 is 11.6 Å². The van der Waals surface area contributed by atoms with Gasteiger partial charge in [-0.15, -0.1) is 0 Å². The van der Waals surface area contributed by atoms with Crippen LogP contribution < -0.4 is 5.32 Å². The van der Waals surface area contributed by atoms with Crippen molar-refractivity contribution in [1.29, 1.82) is 0 Å². The predicted molar refractivity (Wildman–Crippen MR) is 69.1 cm³/mol. The zero-order chi connectivity index (χ0) is 12.5. The van der Waals surface area contributed by atoms with Crippen LogP contribution in [0.25, 0.3) is 0 Å². The summed E-state index contributed by atoms with van der Waals surface area (Å²) in [4.78, 5) is 0. The van der Waals surface area contributed by atoms with E-state index in [2.05, 4.69) is 5.32 Å². The second kappa shape index (κ2) is 8.45. The van der Waals surface area contributed by atoms with Crippen molar-refractivity contribution in [2.75, 3.05) is 26.8 Å². The van der Waals surface area contributed by atoms with Crippen LogP contribution in [0.5, 0.6) is 0 Å². The summed E-state index contributed by atoms with van der Waals surface area (Å²) >= 11 is 5.78. The first kappa shape index (κ1) is 14.4. The van der Waals surface area contributed by atoms with Gasteiger partial charge in [0.1, 0.15) is 5.82 Å². The molecule has 17 heavy (non-hydrogen) atoms. The minimum Gasteiger partial charge on any atom is -0.383 e. The summed E-state index contributed by atoms with van der Waals surface area (Å²) < 4.78 is 18.0. The van der Waals surface area contributed by atoms with Crippen LogP contribution in [0, 0.1) is 5.82 Å². The normalized spacial score (nSPS) is 10.8. The van der Waals surface area contributed by atoms with Crippen LogP contribution in [0.1, 0.15) is 18.4 Å². The lowest BCUT2D eigenvalue weighted by Crippen LogP contribution is -2.20. The monoisotopic (exact) mass is 259 g/mol. The molecule has 1 aromatic rings. The van der Waals surface area contributed by atoms with Gasteiger partial charge in [0.2, 0.25) is 0 Å². The number of hydrogen-bond donors (Lipinski definition) is 1. The molecule has 0 heterocycles. The maximum absolute atomic E-state index is 13.0. The average molecular weight is 260 g/mol. The first-order valence-electron chi connectivity index (χ1n) is 5.87. The number of rotatable bonds is 8. The van der Waals surface area contributed by atoms with E-state index >= 15 is 0 Å². The number of halogens is 2. The molecule has 0 saturated heterocycles. The van der Waals surface area contributed by atoms with E-state index in [-0.39, 0.29) is 5.82 Å². The van der Waals surface area contributed by atoms with Gasteiger partial charge in [-0.2, -0.15) is 0 Å². The van der Waals surface area contributed by atoms with Gasteiger partial charge in [0.15, 0.2) is 0 Å². The van der Waals surface area contributed by atoms with Crippen molar-refractivity contribution in [3.63, 3.8) is 0 Å². The number of hydrogen-bond acceptors (Lipinski definition) is 2. The van der Waals surface area contributed by atoms with E-state index in [4.69, 9.17) is 16.3 Å². The lowest BCUT2D eigenvalue weighted by atomic mass is 10.1. The Kier molecular flexibility index (Phi) is 7.17. The standard InChI is InChI=1S/C13H19ClFNO/c1-17-7-6-16-5-3-2-4-11-8-12(14)10-13(15)9-11/h8-10,16H,2-7H2,1H3. The van der Waals surface area contributed by atoms with E-state index in [0.717, 1.165) is 44.5 Å². The van der Waals surface area contributed by atoms with Gasteiger partial charge in [0.25, 0.3) is 0 Å². The van der Waals surface area contributed by atoms with E-state index < -0.39 is 0 Å². The number of nitrogens with one attached hydrogen (secondary N) is 1. The van der Waals surface area contributed by atoms with Gasteiger partial charge >= 0.3 is 0 Å². The van der Waals surface area contributed by atoms with E-state index in [9.17, 15) is 4.39 Å². The third kappa shape index (κ3) is 6.61. The summed E-state index contributed by atoms with van der Waals surface area (Å²) in [6.07, 6.45) is 2.96. The van der Waals surface area contributed by atoms with Crippen LogP contribution in [0.3, 0.4) is 0 Å². The first-order chi connectivity index (χ1) is 8.22. The molecule has 0 atom stereocenters. The Morgan fingerprint density at radius 3 is 2.76 bits per heavy atom. The molecule has 0 aliphatic rings. The smallest absolute Gasteiger partial charge is 0.124 e. The second-order valence-electron chi connectivity index (χ2n) is 3.98. The third-order valence-corrected chi connectivity index (χ3v) is 2.69. The van der Waals surface area contributed by atoms with Gasteiger partial charge < -0.3 is 10.1 Å². The van der Waals surface area contributed by atoms with Crippen LogP contribution in [0.15, 0.2) is 18.2 Å². The molecule has 4 heteroatoms. The summed E-state index contributed by atoms with van der Waals surface area (Å²) in [5.41, 5.74) is 0.965. The molecule has 0 amide bonds. The predicted octanol–water partition coefficient (Wildman–Crippen LogP) is 3.04. The van der Waals surface area contributed by atoms with Crippen molar-refractivity contribution in [3.05, 3.63) is 34.6 Å². The molecule has 0 unspecified atom stereocenters. The Morgan fingerprint density at radius 2 is 2.06 bits per heavy atom. The van der Waals surface area contributed by atoms with Gasteiger partial charge in [-0.3, -0.25) is 0 Å². The molecule has 0 bridgehead atoms. The van der Waals surface area contributed by atoms with Crippen molar-refractivity contribution in [1.82, 2.24) is 5.32 Å². The lowest BCUT2D eigenvalue weighted by molar-refractivity contribution is 0.199. The summed E-state index contributed by atoms with van der Waals surface area (Å²) in [5, 5.41) is 3.74. The van der Waals surface area contributed by atoms with Gasteiger partial charge in [-0.25, -0.2) is 4.39 Å². The van der Waals surface area contributed by atoms with Crippen molar-refractivity contribution < 1.29 is 9.13 Å². The molecule has 96 valence electrons. The summed E-state index contributed by atoms with van der Waals surface area (Å²) in [5.74, 6) is -0.259. The molecule has 0 aromatic heterocycles. The SMILES string of the molecule is COCCNCCCCc1cc(F)cc(Cl)c1. The lowest BCUT2D eigenvalue weighted by Gasteiger charge is -2.05. The highest BCUT2D eigenvalue weighted by Gasteiger charge is 1.99. The Balaban J connectivity index is 2.13. The van der Waals surface area contributed by atoms with Crippen molar-refractivity contribution in [3.8, 4) is 0 Å². The van der Waals surface area contributed by atoms with E-state index in [1.165, 1.54) is 6.07 Å². The molecular weight excluding hydrogens is 241 g/mol. The zero-order valence-corrected chi connectivity index (χ0v) is 10.9. The summed E-state index contributed by atoms with van der Waals surface area (Å²) in [6, 6.07) is 4.70. The Hall–Kier alpha value is -0.640.